The molecule has 0 radical (unpaired) electrons. The second kappa shape index (κ2) is 6.77. The van der Waals surface area contributed by atoms with E-state index in [-0.39, 0.29) is 0 Å². The molecule has 1 N–H and O–H groups in total. The Hall–Kier alpha value is -2.07. The van der Waals surface area contributed by atoms with Gasteiger partial charge in [-0.25, -0.2) is 4.98 Å². The number of imidazole rings is 1. The lowest BCUT2D eigenvalue weighted by atomic mass is 9.86. The molecule has 0 amide bonds. The maximum atomic E-state index is 4.48. The van der Waals surface area contributed by atoms with Crippen molar-refractivity contribution in [3.63, 3.8) is 0 Å². The van der Waals surface area contributed by atoms with Gasteiger partial charge in [0.2, 0.25) is 0 Å². The molecule has 0 aromatic carbocycles. The maximum Gasteiger partial charge on any atom is 0.139 e. The zero-order chi connectivity index (χ0) is 19.4. The maximum absolute atomic E-state index is 4.48. The van der Waals surface area contributed by atoms with Crippen molar-refractivity contribution in [2.75, 3.05) is 0 Å². The van der Waals surface area contributed by atoms with Gasteiger partial charge >= 0.3 is 0 Å². The number of rotatable bonds is 3. The number of thiophene rings is 1. The molecular formula is C24H29N3S. The van der Waals surface area contributed by atoms with Gasteiger partial charge in [-0.3, -0.25) is 0 Å². The lowest BCUT2D eigenvalue weighted by molar-refractivity contribution is 0.447. The van der Waals surface area contributed by atoms with E-state index in [0.717, 1.165) is 11.6 Å². The van der Waals surface area contributed by atoms with E-state index < -0.39 is 0 Å². The monoisotopic (exact) mass is 391 g/mol. The first-order chi connectivity index (χ1) is 13.5. The first kappa shape index (κ1) is 18.0. The van der Waals surface area contributed by atoms with E-state index in [4.69, 9.17) is 0 Å². The molecule has 4 aromatic heterocycles. The van der Waals surface area contributed by atoms with Crippen LogP contribution >= 0.6 is 11.3 Å². The number of hydrogen-bond acceptors (Lipinski definition) is 2. The standard InChI is InChI=1S/C24H29N3S/c1-14(2)19-20-16(4)22(17-8-6-5-7-9-17)28-24(20)26-21(19)18-12-15(3)23-25-10-11-27(23)13-18/h10-14,17,26H,5-9H2,1-4H3. The Kier molecular flexibility index (Phi) is 4.35. The molecule has 146 valence electrons. The number of hydrogen-bond donors (Lipinski definition) is 1. The van der Waals surface area contributed by atoms with E-state index in [2.05, 4.69) is 54.3 Å². The van der Waals surface area contributed by atoms with Gasteiger partial charge in [0.25, 0.3) is 0 Å². The van der Waals surface area contributed by atoms with Crippen LogP contribution < -0.4 is 0 Å². The van der Waals surface area contributed by atoms with Crippen LogP contribution in [0.15, 0.2) is 24.7 Å². The highest BCUT2D eigenvalue weighted by Gasteiger charge is 2.26. The Morgan fingerprint density at radius 1 is 1.18 bits per heavy atom. The average molecular weight is 392 g/mol. The predicted octanol–water partition coefficient (Wildman–Crippen LogP) is 7.33. The lowest BCUT2D eigenvalue weighted by Crippen LogP contribution is -2.04. The van der Waals surface area contributed by atoms with Crippen molar-refractivity contribution in [1.29, 1.82) is 0 Å². The summed E-state index contributed by atoms with van der Waals surface area (Å²) in [5.74, 6) is 1.25. The summed E-state index contributed by atoms with van der Waals surface area (Å²) in [6.07, 6.45) is 13.1. The number of aromatic amines is 1. The highest BCUT2D eigenvalue weighted by molar-refractivity contribution is 7.19. The van der Waals surface area contributed by atoms with E-state index in [0.29, 0.717) is 5.92 Å². The molecule has 0 unspecified atom stereocenters. The second-order valence-electron chi connectivity index (χ2n) is 8.77. The third-order valence-electron chi connectivity index (χ3n) is 6.47. The molecule has 3 nitrogen and oxygen atoms in total. The van der Waals surface area contributed by atoms with Crippen LogP contribution in [0.25, 0.3) is 27.1 Å². The van der Waals surface area contributed by atoms with Crippen molar-refractivity contribution < 1.29 is 0 Å². The number of fused-ring (bicyclic) bond motifs is 2. The topological polar surface area (TPSA) is 33.1 Å². The Labute approximate surface area is 170 Å². The molecule has 0 saturated heterocycles. The molecular weight excluding hydrogens is 362 g/mol. The van der Waals surface area contributed by atoms with Gasteiger partial charge in [0.15, 0.2) is 0 Å². The van der Waals surface area contributed by atoms with Crippen LogP contribution in [0.4, 0.5) is 0 Å². The van der Waals surface area contributed by atoms with E-state index in [1.54, 1.807) is 4.88 Å². The zero-order valence-corrected chi connectivity index (χ0v) is 18.1. The summed E-state index contributed by atoms with van der Waals surface area (Å²) in [6, 6.07) is 2.28. The SMILES string of the molecule is Cc1c(C2CCCCC2)sc2[nH]c(-c3cc(C)c4nccn4c3)c(C(C)C)c12. The summed E-state index contributed by atoms with van der Waals surface area (Å²) in [4.78, 5) is 11.3. The van der Waals surface area contributed by atoms with E-state index in [1.807, 2.05) is 23.7 Å². The minimum absolute atomic E-state index is 0.482. The minimum Gasteiger partial charge on any atom is -0.346 e. The molecule has 1 saturated carbocycles. The Balaban J connectivity index is 1.69. The van der Waals surface area contributed by atoms with Crippen LogP contribution in [-0.2, 0) is 0 Å². The molecule has 0 bridgehead atoms. The number of aromatic nitrogens is 3. The van der Waals surface area contributed by atoms with Crippen molar-refractivity contribution in [1.82, 2.24) is 14.4 Å². The van der Waals surface area contributed by atoms with Gasteiger partial charge in [-0.15, -0.1) is 11.3 Å². The predicted molar refractivity (Wildman–Crippen MR) is 120 cm³/mol. The highest BCUT2D eigenvalue weighted by Crippen LogP contribution is 2.46. The molecule has 0 aliphatic heterocycles. The number of nitrogens with one attached hydrogen (secondary N) is 1. The molecule has 1 aliphatic carbocycles. The Morgan fingerprint density at radius 2 is 1.96 bits per heavy atom. The Bertz CT molecular complexity index is 1150. The second-order valence-corrected chi connectivity index (χ2v) is 9.82. The number of aryl methyl sites for hydroxylation is 2. The van der Waals surface area contributed by atoms with Gasteiger partial charge in [0.1, 0.15) is 10.5 Å². The van der Waals surface area contributed by atoms with Crippen LogP contribution in [0.3, 0.4) is 0 Å². The van der Waals surface area contributed by atoms with E-state index in [1.165, 1.54) is 70.3 Å². The van der Waals surface area contributed by atoms with Gasteiger partial charge in [-0.2, -0.15) is 0 Å². The summed E-state index contributed by atoms with van der Waals surface area (Å²) in [6.45, 7) is 9.16. The van der Waals surface area contributed by atoms with Gasteiger partial charge < -0.3 is 9.38 Å². The number of H-pyrrole nitrogens is 1. The Morgan fingerprint density at radius 3 is 2.71 bits per heavy atom. The van der Waals surface area contributed by atoms with Crippen LogP contribution in [-0.4, -0.2) is 14.4 Å². The van der Waals surface area contributed by atoms with Gasteiger partial charge in [0.05, 0.1) is 5.69 Å². The minimum atomic E-state index is 0.482. The molecule has 1 fully saturated rings. The lowest BCUT2D eigenvalue weighted by Gasteiger charge is -2.21. The van der Waals surface area contributed by atoms with Crippen molar-refractivity contribution >= 4 is 27.2 Å². The van der Waals surface area contributed by atoms with Crippen LogP contribution in [0.1, 0.15) is 79.4 Å². The van der Waals surface area contributed by atoms with Crippen molar-refractivity contribution in [2.24, 2.45) is 0 Å². The molecule has 4 heterocycles. The molecule has 4 aromatic rings. The first-order valence-electron chi connectivity index (χ1n) is 10.6. The van der Waals surface area contributed by atoms with Crippen molar-refractivity contribution in [3.8, 4) is 11.3 Å². The van der Waals surface area contributed by atoms with Crippen LogP contribution in [0, 0.1) is 13.8 Å². The fraction of sp³-hybridized carbons (Fsp3) is 0.458. The highest BCUT2D eigenvalue weighted by atomic mass is 32.1. The third-order valence-corrected chi connectivity index (χ3v) is 7.84. The van der Waals surface area contributed by atoms with Crippen LogP contribution in [0.5, 0.6) is 0 Å². The molecule has 5 rings (SSSR count). The average Bonchev–Trinajstić information content (AvgIpc) is 3.37. The summed E-state index contributed by atoms with van der Waals surface area (Å²) in [7, 11) is 0. The normalized spacial score (nSPS) is 16.0. The number of pyridine rings is 1. The summed E-state index contributed by atoms with van der Waals surface area (Å²) in [5.41, 5.74) is 7.80. The molecule has 28 heavy (non-hydrogen) atoms. The van der Waals surface area contributed by atoms with E-state index >= 15 is 0 Å². The smallest absolute Gasteiger partial charge is 0.139 e. The quantitative estimate of drug-likeness (QED) is 0.389. The molecule has 0 atom stereocenters. The molecule has 0 spiro atoms. The largest absolute Gasteiger partial charge is 0.346 e. The zero-order valence-electron chi connectivity index (χ0n) is 17.3. The third kappa shape index (κ3) is 2.73. The summed E-state index contributed by atoms with van der Waals surface area (Å²) in [5, 5.41) is 1.49. The fourth-order valence-corrected chi connectivity index (χ4v) is 6.55. The summed E-state index contributed by atoms with van der Waals surface area (Å²) < 4.78 is 2.14. The van der Waals surface area contributed by atoms with Crippen molar-refractivity contribution in [3.05, 3.63) is 46.2 Å². The fourth-order valence-electron chi connectivity index (χ4n) is 5.15. The van der Waals surface area contributed by atoms with E-state index in [9.17, 15) is 0 Å². The van der Waals surface area contributed by atoms with Gasteiger partial charge in [-0.05, 0) is 61.3 Å². The molecule has 1 aliphatic rings. The molecule has 4 heteroatoms. The van der Waals surface area contributed by atoms with Crippen molar-refractivity contribution in [2.45, 2.75) is 71.6 Å². The van der Waals surface area contributed by atoms with Gasteiger partial charge in [-0.1, -0.05) is 33.1 Å². The summed E-state index contributed by atoms with van der Waals surface area (Å²) >= 11 is 2.01. The van der Waals surface area contributed by atoms with Gasteiger partial charge in [0, 0.05) is 34.4 Å². The first-order valence-corrected chi connectivity index (χ1v) is 11.4. The number of nitrogens with zero attached hydrogens (tertiary/aromatic N) is 2. The van der Waals surface area contributed by atoms with Crippen LogP contribution in [0.2, 0.25) is 0 Å².